The number of esters is 2. The van der Waals surface area contributed by atoms with Gasteiger partial charge in [0.2, 0.25) is 0 Å². The van der Waals surface area contributed by atoms with Crippen molar-refractivity contribution in [3.63, 3.8) is 0 Å². The predicted octanol–water partition coefficient (Wildman–Crippen LogP) is 3.13. The molecule has 5 rings (SSSR count). The molecule has 0 fully saturated rings. The van der Waals surface area contributed by atoms with E-state index in [9.17, 15) is 9.59 Å². The number of nitrogens with zero attached hydrogens (tertiary/aromatic N) is 6. The molecule has 8 bridgehead atoms. The number of methoxy groups -OCH3 is 4. The molecular formula is C24H18N6O10. The number of aromatic nitrogens is 6. The van der Waals surface area contributed by atoms with Crippen LogP contribution in [0.1, 0.15) is 20.7 Å². The highest BCUT2D eigenvalue weighted by atomic mass is 16.6. The molecule has 0 aliphatic carbocycles. The van der Waals surface area contributed by atoms with E-state index in [-0.39, 0.29) is 70.2 Å². The second-order valence-corrected chi connectivity index (χ2v) is 7.42. The summed E-state index contributed by atoms with van der Waals surface area (Å²) in [5, 5.41) is 0. The number of hydrogen-bond acceptors (Lipinski definition) is 16. The zero-order valence-electron chi connectivity index (χ0n) is 21.2. The van der Waals surface area contributed by atoms with Gasteiger partial charge in [0, 0.05) is 0 Å². The van der Waals surface area contributed by atoms with E-state index in [1.807, 2.05) is 0 Å². The highest BCUT2D eigenvalue weighted by Crippen LogP contribution is 2.38. The Morgan fingerprint density at radius 3 is 1.07 bits per heavy atom. The van der Waals surface area contributed by atoms with Gasteiger partial charge in [0.25, 0.3) is 0 Å². The second kappa shape index (κ2) is 10.9. The number of fused-ring (bicyclic) bond motifs is 8. The zero-order valence-corrected chi connectivity index (χ0v) is 21.2. The van der Waals surface area contributed by atoms with Crippen molar-refractivity contribution in [1.82, 2.24) is 29.9 Å². The van der Waals surface area contributed by atoms with Crippen LogP contribution < -0.4 is 28.4 Å². The maximum Gasteiger partial charge on any atom is 0.345 e. The molecule has 0 saturated carbocycles. The van der Waals surface area contributed by atoms with Crippen LogP contribution >= 0.6 is 0 Å². The van der Waals surface area contributed by atoms with E-state index in [1.54, 1.807) is 0 Å². The summed E-state index contributed by atoms with van der Waals surface area (Å²) in [5.41, 5.74) is -0.307. The smallest absolute Gasteiger partial charge is 0.345 e. The van der Waals surface area contributed by atoms with E-state index in [1.165, 1.54) is 64.8 Å². The van der Waals surface area contributed by atoms with Crippen LogP contribution in [0.4, 0.5) is 0 Å². The maximum absolute atomic E-state index is 12.8. The van der Waals surface area contributed by atoms with Gasteiger partial charge in [-0.1, -0.05) is 12.1 Å². The number of carbonyl (C=O) groups excluding carboxylic acids is 2. The standard InChI is InChI=1S/C24H18N6O10/c1-33-17(31)15-11-7-5-8-12(15)38-22-26-20(36-4)28-24(30-22)40-14-10-6-9-13(16(14)18(32)34-2)39-23-27-19(35-3)25-21(29-23)37-11/h5-10H,1-4H3. The van der Waals surface area contributed by atoms with Crippen LogP contribution in [-0.2, 0) is 9.47 Å². The van der Waals surface area contributed by atoms with Crippen LogP contribution in [0.2, 0.25) is 0 Å². The molecule has 0 amide bonds. The van der Waals surface area contributed by atoms with Gasteiger partial charge in [-0.05, 0) is 24.3 Å². The Morgan fingerprint density at radius 2 is 0.825 bits per heavy atom. The molecule has 0 atom stereocenters. The first-order valence-corrected chi connectivity index (χ1v) is 11.2. The topological polar surface area (TPSA) is 185 Å². The van der Waals surface area contributed by atoms with Crippen molar-refractivity contribution in [3.05, 3.63) is 47.5 Å². The third-order valence-electron chi connectivity index (χ3n) is 5.07. The molecule has 204 valence electrons. The lowest BCUT2D eigenvalue weighted by atomic mass is 10.2. The quantitative estimate of drug-likeness (QED) is 0.297. The van der Waals surface area contributed by atoms with Crippen molar-refractivity contribution in [3.8, 4) is 59.1 Å². The molecule has 2 aromatic heterocycles. The van der Waals surface area contributed by atoms with Crippen LogP contribution in [0.15, 0.2) is 36.4 Å². The lowest BCUT2D eigenvalue weighted by molar-refractivity contribution is 0.0585. The van der Waals surface area contributed by atoms with Gasteiger partial charge in [-0.25, -0.2) is 9.59 Å². The highest BCUT2D eigenvalue weighted by Gasteiger charge is 2.26. The first-order chi connectivity index (χ1) is 19.4. The summed E-state index contributed by atoms with van der Waals surface area (Å²) in [5.74, 6) is -1.90. The van der Waals surface area contributed by atoms with Gasteiger partial charge in [-0.15, -0.1) is 29.9 Å². The Bertz CT molecular complexity index is 1410. The normalized spacial score (nSPS) is 11.5. The number of hydrogen-bond donors (Lipinski definition) is 0. The van der Waals surface area contributed by atoms with E-state index < -0.39 is 11.9 Å². The van der Waals surface area contributed by atoms with Gasteiger partial charge in [0.1, 0.15) is 34.1 Å². The van der Waals surface area contributed by atoms with Crippen molar-refractivity contribution >= 4 is 11.9 Å². The lowest BCUT2D eigenvalue weighted by Crippen LogP contribution is -2.10. The van der Waals surface area contributed by atoms with Crippen molar-refractivity contribution in [2.75, 3.05) is 28.4 Å². The largest absolute Gasteiger partial charge is 0.467 e. The lowest BCUT2D eigenvalue weighted by Gasteiger charge is -2.16. The fourth-order valence-corrected chi connectivity index (χ4v) is 3.37. The van der Waals surface area contributed by atoms with Crippen LogP contribution in [0, 0.1) is 0 Å². The number of rotatable bonds is 4. The average Bonchev–Trinajstić information content (AvgIpc) is 2.96. The van der Waals surface area contributed by atoms with Crippen molar-refractivity contribution in [2.24, 2.45) is 0 Å². The molecule has 2 aromatic carbocycles. The van der Waals surface area contributed by atoms with E-state index in [2.05, 4.69) is 29.9 Å². The van der Waals surface area contributed by atoms with Gasteiger partial charge in [-0.2, -0.15) is 0 Å². The van der Waals surface area contributed by atoms with E-state index in [4.69, 9.17) is 37.9 Å². The molecule has 0 unspecified atom stereocenters. The summed E-state index contributed by atoms with van der Waals surface area (Å²) in [6, 6.07) is 7.14. The molecule has 1 aliphatic rings. The zero-order chi connectivity index (χ0) is 28.2. The fourth-order valence-electron chi connectivity index (χ4n) is 3.37. The number of ether oxygens (including phenoxy) is 8. The third kappa shape index (κ3) is 5.13. The van der Waals surface area contributed by atoms with E-state index in [0.29, 0.717) is 0 Å². The molecule has 40 heavy (non-hydrogen) atoms. The molecule has 16 heteroatoms. The van der Waals surface area contributed by atoms with Gasteiger partial charge in [-0.3, -0.25) is 0 Å². The Labute approximate surface area is 224 Å². The molecule has 1 aliphatic heterocycles. The second-order valence-electron chi connectivity index (χ2n) is 7.42. The molecular weight excluding hydrogens is 532 g/mol. The van der Waals surface area contributed by atoms with Crippen molar-refractivity contribution in [1.29, 1.82) is 0 Å². The molecule has 0 radical (unpaired) electrons. The fraction of sp³-hybridized carbons (Fsp3) is 0.167. The summed E-state index contributed by atoms with van der Waals surface area (Å²) in [6.45, 7) is 0. The van der Waals surface area contributed by atoms with Gasteiger partial charge >= 0.3 is 48.0 Å². The number of benzene rings is 2. The van der Waals surface area contributed by atoms with Crippen molar-refractivity contribution in [2.45, 2.75) is 0 Å². The Morgan fingerprint density at radius 1 is 0.525 bits per heavy atom. The molecule has 0 saturated heterocycles. The van der Waals surface area contributed by atoms with Gasteiger partial charge < -0.3 is 37.9 Å². The van der Waals surface area contributed by atoms with E-state index >= 15 is 0 Å². The monoisotopic (exact) mass is 550 g/mol. The molecule has 0 N–H and O–H groups in total. The average molecular weight is 550 g/mol. The summed E-state index contributed by atoms with van der Waals surface area (Å²) in [4.78, 5) is 50.0. The van der Waals surface area contributed by atoms with Crippen molar-refractivity contribution < 1.29 is 47.5 Å². The predicted molar refractivity (Wildman–Crippen MR) is 129 cm³/mol. The third-order valence-corrected chi connectivity index (χ3v) is 5.07. The maximum atomic E-state index is 12.8. The van der Waals surface area contributed by atoms with Crippen LogP contribution in [-0.4, -0.2) is 70.3 Å². The minimum Gasteiger partial charge on any atom is -0.467 e. The highest BCUT2D eigenvalue weighted by molar-refractivity contribution is 5.96. The Balaban J connectivity index is 1.76. The van der Waals surface area contributed by atoms with E-state index in [0.717, 1.165) is 0 Å². The van der Waals surface area contributed by atoms with Gasteiger partial charge in [0.15, 0.2) is 0 Å². The molecule has 3 heterocycles. The summed E-state index contributed by atoms with van der Waals surface area (Å²) >= 11 is 0. The van der Waals surface area contributed by atoms with Gasteiger partial charge in [0.05, 0.1) is 28.4 Å². The summed E-state index contributed by atoms with van der Waals surface area (Å²) in [6.07, 6.45) is 0. The first-order valence-electron chi connectivity index (χ1n) is 11.2. The molecule has 4 aromatic rings. The summed E-state index contributed by atoms with van der Waals surface area (Å²) in [7, 11) is 4.98. The minimum atomic E-state index is -0.820. The number of carbonyl (C=O) groups is 2. The van der Waals surface area contributed by atoms with Crippen LogP contribution in [0.5, 0.6) is 59.1 Å². The molecule has 0 spiro atoms. The summed E-state index contributed by atoms with van der Waals surface area (Å²) < 4.78 is 43.4. The Kier molecular flexibility index (Phi) is 7.04. The molecule has 16 nitrogen and oxygen atoms in total. The SMILES string of the molecule is COC(=O)c1c2cccc1Oc1nc(OC)nc(n1)Oc1cccc(c1C(=O)OC)Oc1nc(OC)nc(n1)O2. The van der Waals surface area contributed by atoms with Crippen LogP contribution in [0.25, 0.3) is 0 Å². The minimum absolute atomic E-state index is 0.0645. The first kappa shape index (κ1) is 25.8. The van der Waals surface area contributed by atoms with Crippen LogP contribution in [0.3, 0.4) is 0 Å². The Hall–Kier alpha value is -5.80.